The molecule has 1 aromatic rings. The number of hydrogen-bond acceptors (Lipinski definition) is 9. The molecule has 0 bridgehead atoms. The van der Waals surface area contributed by atoms with Crippen LogP contribution in [0.15, 0.2) is 35.9 Å². The number of carbonyl (C=O) groups excluding carboxylic acids is 3. The Balaban J connectivity index is 3.74. The van der Waals surface area contributed by atoms with Crippen molar-refractivity contribution in [1.29, 1.82) is 0 Å². The summed E-state index contributed by atoms with van der Waals surface area (Å²) in [4.78, 5) is 38.2. The van der Waals surface area contributed by atoms with E-state index in [2.05, 4.69) is 107 Å². The van der Waals surface area contributed by atoms with Gasteiger partial charge in [0.1, 0.15) is 26.0 Å². The van der Waals surface area contributed by atoms with Gasteiger partial charge in [0.15, 0.2) is 14.4 Å². The molecule has 9 nitrogen and oxygen atoms in total. The van der Waals surface area contributed by atoms with Gasteiger partial charge in [0, 0.05) is 38.7 Å². The highest BCUT2D eigenvalue weighted by molar-refractivity contribution is 6.90. The van der Waals surface area contributed by atoms with E-state index in [9.17, 15) is 14.4 Å². The zero-order chi connectivity index (χ0) is 43.9. The summed E-state index contributed by atoms with van der Waals surface area (Å²) in [6, 6.07) is 7.75. The van der Waals surface area contributed by atoms with Gasteiger partial charge in [0.05, 0.1) is 38.6 Å². The number of methoxy groups -OCH3 is 2. The minimum absolute atomic E-state index is 0.0464. The lowest BCUT2D eigenvalue weighted by atomic mass is 9.83. The van der Waals surface area contributed by atoms with Crippen LogP contribution in [-0.4, -0.2) is 79.4 Å². The summed E-state index contributed by atoms with van der Waals surface area (Å²) < 4.78 is 36.4. The highest BCUT2D eigenvalue weighted by atomic mass is 28.4. The maximum absolute atomic E-state index is 13.5. The van der Waals surface area contributed by atoms with Gasteiger partial charge in [-0.05, 0) is 66.3 Å². The van der Waals surface area contributed by atoms with Gasteiger partial charge in [-0.25, -0.2) is 0 Å². The van der Waals surface area contributed by atoms with Crippen LogP contribution >= 0.6 is 0 Å². The fraction of sp³-hybridized carbons (Fsp3) is 0.717. The maximum atomic E-state index is 13.5. The molecule has 0 aromatic heterocycles. The second kappa shape index (κ2) is 23.7. The first-order valence-electron chi connectivity index (χ1n) is 20.9. The first-order chi connectivity index (χ1) is 26.4. The van der Waals surface area contributed by atoms with Crippen LogP contribution in [0.5, 0.6) is 5.75 Å². The molecule has 11 heteroatoms. The van der Waals surface area contributed by atoms with Crippen molar-refractivity contribution < 1.29 is 42.5 Å². The standard InChI is InChI=1S/C46H78O9Si2/c1-19-52-44(49)29-39(48)28-43(55-56(17,18)46(12,13)14)36(10)45(53-30-38-20-22-40(50-15)23-21-38)35(9)42(51-16)27-34(8)26-41(54-37(11)47)24-25-57(31(2)3,32(4)5)33(6)7/h20-23,27,31-33,35-36,41-43,45H,19,26,28-30H2,1-18H3/b34-27+/t35-,36-,41+,42-,43+,45+/m1/s1. The van der Waals surface area contributed by atoms with E-state index < -0.39 is 46.8 Å². The molecule has 0 N–H and O–H groups in total. The number of ketones is 1. The molecular formula is C46H78O9Si2. The topological polar surface area (TPSA) is 107 Å². The number of rotatable bonds is 23. The summed E-state index contributed by atoms with van der Waals surface area (Å²) in [7, 11) is -1.15. The Bertz CT molecular complexity index is 1480. The number of esters is 2. The predicted octanol–water partition coefficient (Wildman–Crippen LogP) is 10.7. The Morgan fingerprint density at radius 3 is 1.86 bits per heavy atom. The second-order valence-electron chi connectivity index (χ2n) is 18.2. The first-order valence-corrected chi connectivity index (χ1v) is 26.0. The molecule has 0 aliphatic carbocycles. The van der Waals surface area contributed by atoms with Crippen molar-refractivity contribution in [3.05, 3.63) is 41.5 Å². The lowest BCUT2D eigenvalue weighted by molar-refractivity contribution is -0.146. The van der Waals surface area contributed by atoms with Gasteiger partial charge in [0.25, 0.3) is 0 Å². The Morgan fingerprint density at radius 1 is 0.842 bits per heavy atom. The molecule has 0 saturated carbocycles. The van der Waals surface area contributed by atoms with Crippen LogP contribution in [0.25, 0.3) is 0 Å². The van der Waals surface area contributed by atoms with Crippen molar-refractivity contribution in [3.63, 3.8) is 0 Å². The molecule has 0 amide bonds. The minimum Gasteiger partial charge on any atom is -0.497 e. The average Bonchev–Trinajstić information content (AvgIpc) is 3.09. The molecule has 0 saturated heterocycles. The minimum atomic E-state index is -2.40. The fourth-order valence-electron chi connectivity index (χ4n) is 7.69. The maximum Gasteiger partial charge on any atom is 0.313 e. The lowest BCUT2D eigenvalue weighted by Crippen LogP contribution is -2.49. The molecule has 0 spiro atoms. The second-order valence-corrected chi connectivity index (χ2v) is 28.5. The van der Waals surface area contributed by atoms with E-state index in [1.54, 1.807) is 21.1 Å². The van der Waals surface area contributed by atoms with E-state index in [0.29, 0.717) is 29.7 Å². The van der Waals surface area contributed by atoms with E-state index in [1.165, 1.54) is 6.92 Å². The van der Waals surface area contributed by atoms with Crippen molar-refractivity contribution in [1.82, 2.24) is 0 Å². The summed E-state index contributed by atoms with van der Waals surface area (Å²) in [6.45, 7) is 34.3. The average molecular weight is 831 g/mol. The highest BCUT2D eigenvalue weighted by Gasteiger charge is 2.44. The van der Waals surface area contributed by atoms with Crippen LogP contribution < -0.4 is 4.74 Å². The lowest BCUT2D eigenvalue weighted by Gasteiger charge is -2.43. The van der Waals surface area contributed by atoms with Crippen LogP contribution in [0, 0.1) is 23.3 Å². The highest BCUT2D eigenvalue weighted by Crippen LogP contribution is 2.42. The van der Waals surface area contributed by atoms with E-state index in [4.69, 9.17) is 28.1 Å². The molecule has 6 atom stereocenters. The van der Waals surface area contributed by atoms with Crippen molar-refractivity contribution in [2.75, 3.05) is 20.8 Å². The third-order valence-corrected chi connectivity index (χ3v) is 22.7. The van der Waals surface area contributed by atoms with Gasteiger partial charge in [-0.2, -0.15) is 0 Å². The van der Waals surface area contributed by atoms with Gasteiger partial charge >= 0.3 is 11.9 Å². The van der Waals surface area contributed by atoms with Crippen molar-refractivity contribution in [3.8, 4) is 17.2 Å². The summed E-state index contributed by atoms with van der Waals surface area (Å²) >= 11 is 0. The summed E-state index contributed by atoms with van der Waals surface area (Å²) in [5.41, 5.74) is 7.01. The van der Waals surface area contributed by atoms with Crippen LogP contribution in [0.2, 0.25) is 34.8 Å². The summed E-state index contributed by atoms with van der Waals surface area (Å²) in [5.74, 6) is 2.55. The van der Waals surface area contributed by atoms with Gasteiger partial charge in [-0.15, -0.1) is 5.54 Å². The molecule has 1 rings (SSSR count). The zero-order valence-corrected chi connectivity index (χ0v) is 40.8. The Morgan fingerprint density at radius 2 is 1.40 bits per heavy atom. The molecule has 324 valence electrons. The van der Waals surface area contributed by atoms with Crippen LogP contribution in [0.4, 0.5) is 0 Å². The van der Waals surface area contributed by atoms with E-state index in [-0.39, 0.29) is 48.1 Å². The van der Waals surface area contributed by atoms with E-state index in [0.717, 1.165) is 16.9 Å². The Hall–Kier alpha value is -2.76. The Labute approximate surface area is 348 Å². The summed E-state index contributed by atoms with van der Waals surface area (Å²) in [6.07, 6.45) is 0.276. The number of Topliss-reactive ketones (excluding diaryl/α,β-unsaturated/α-hetero) is 1. The number of hydrogen-bond donors (Lipinski definition) is 0. The molecule has 0 unspecified atom stereocenters. The molecule has 57 heavy (non-hydrogen) atoms. The molecule has 0 fully saturated rings. The largest absolute Gasteiger partial charge is 0.497 e. The van der Waals surface area contributed by atoms with Crippen LogP contribution in [0.1, 0.15) is 122 Å². The fourth-order valence-corrected chi connectivity index (χ4v) is 14.4. The molecule has 0 radical (unpaired) electrons. The zero-order valence-electron chi connectivity index (χ0n) is 38.8. The number of ether oxygens (including phenoxy) is 5. The number of benzene rings is 1. The van der Waals surface area contributed by atoms with Crippen LogP contribution in [-0.2, 0) is 44.4 Å². The SMILES string of the molecule is CCOC(=O)CC(=O)C[C@H](O[Si](C)(C)C(C)(C)C)[C@@H](C)[C@@H](OCc1ccc(OC)cc1)[C@H](C)[C@@H](/C=C(\C)C[C@H](C#C[Si](C(C)C)(C(C)C)C(C)C)OC(C)=O)OC. The van der Waals surface area contributed by atoms with Gasteiger partial charge < -0.3 is 28.1 Å². The van der Waals surface area contributed by atoms with Gasteiger partial charge in [-0.3, -0.25) is 14.4 Å². The molecule has 1 aromatic carbocycles. The molecule has 0 aliphatic rings. The molecular weight excluding hydrogens is 753 g/mol. The third-order valence-electron chi connectivity index (χ3n) is 11.9. The predicted molar refractivity (Wildman–Crippen MR) is 236 cm³/mol. The number of carbonyl (C=O) groups is 3. The summed E-state index contributed by atoms with van der Waals surface area (Å²) in [5, 5.41) is -0.127. The Kier molecular flexibility index (Phi) is 21.8. The molecule has 0 heterocycles. The first kappa shape index (κ1) is 52.3. The van der Waals surface area contributed by atoms with Gasteiger partial charge in [0.2, 0.25) is 0 Å². The van der Waals surface area contributed by atoms with Gasteiger partial charge in [-0.1, -0.05) is 106 Å². The monoisotopic (exact) mass is 831 g/mol. The van der Waals surface area contributed by atoms with E-state index in [1.807, 2.05) is 31.2 Å². The van der Waals surface area contributed by atoms with Crippen LogP contribution in [0.3, 0.4) is 0 Å². The third kappa shape index (κ3) is 16.1. The van der Waals surface area contributed by atoms with Crippen molar-refractivity contribution in [2.45, 2.75) is 182 Å². The van der Waals surface area contributed by atoms with Crippen molar-refractivity contribution in [2.24, 2.45) is 11.8 Å². The van der Waals surface area contributed by atoms with E-state index >= 15 is 0 Å². The smallest absolute Gasteiger partial charge is 0.313 e. The normalized spacial score (nSPS) is 16.0. The van der Waals surface area contributed by atoms with Crippen molar-refractivity contribution >= 4 is 34.1 Å². The molecule has 0 aliphatic heterocycles. The quantitative estimate of drug-likeness (QED) is 0.0350.